The quantitative estimate of drug-likeness (QED) is 0.405. The molecule has 0 heteroatoms. The molecule has 22 heavy (non-hydrogen) atoms. The van der Waals surface area contributed by atoms with Crippen molar-refractivity contribution in [3.8, 4) is 0 Å². The first-order valence-corrected chi connectivity index (χ1v) is 10.6. The number of unbranched alkanes of at least 4 members (excludes halogenated alkanes) is 2. The Kier molecular flexibility index (Phi) is 5.56. The number of rotatable bonds is 9. The third kappa shape index (κ3) is 3.90. The van der Waals surface area contributed by atoms with E-state index < -0.39 is 0 Å². The molecule has 0 aliphatic heterocycles. The van der Waals surface area contributed by atoms with Crippen molar-refractivity contribution >= 4 is 0 Å². The van der Waals surface area contributed by atoms with Gasteiger partial charge in [-0.15, -0.1) is 0 Å². The fourth-order valence-electron chi connectivity index (χ4n) is 6.01. The van der Waals surface area contributed by atoms with Crippen LogP contribution < -0.4 is 0 Å². The highest BCUT2D eigenvalue weighted by molar-refractivity contribution is 4.99. The fraction of sp³-hybridized carbons (Fsp3) is 1.00. The molecule has 128 valence electrons. The number of hydrogen-bond donors (Lipinski definition) is 0. The van der Waals surface area contributed by atoms with E-state index in [1.54, 1.807) is 38.5 Å². The van der Waals surface area contributed by atoms with Gasteiger partial charge in [0, 0.05) is 0 Å². The van der Waals surface area contributed by atoms with Crippen LogP contribution in [0.5, 0.6) is 0 Å². The highest BCUT2D eigenvalue weighted by Gasteiger charge is 2.50. The molecule has 0 nitrogen and oxygen atoms in total. The molecule has 0 saturated heterocycles. The first-order valence-electron chi connectivity index (χ1n) is 10.6. The van der Waals surface area contributed by atoms with Crippen molar-refractivity contribution in [3.05, 3.63) is 0 Å². The van der Waals surface area contributed by atoms with Gasteiger partial charge in [-0.25, -0.2) is 0 Å². The summed E-state index contributed by atoms with van der Waals surface area (Å²) in [5.41, 5.74) is 0. The van der Waals surface area contributed by atoms with Crippen molar-refractivity contribution in [1.29, 1.82) is 0 Å². The molecule has 0 amide bonds. The van der Waals surface area contributed by atoms with E-state index in [2.05, 4.69) is 27.7 Å². The average Bonchev–Trinajstić information content (AvgIpc) is 3.38. The fourth-order valence-corrected chi connectivity index (χ4v) is 6.01. The first kappa shape index (κ1) is 16.8. The van der Waals surface area contributed by atoms with Gasteiger partial charge in [0.1, 0.15) is 0 Å². The van der Waals surface area contributed by atoms with Gasteiger partial charge in [0.25, 0.3) is 0 Å². The van der Waals surface area contributed by atoms with Crippen LogP contribution in [0.2, 0.25) is 0 Å². The normalized spacial score (nSPS) is 41.3. The lowest BCUT2D eigenvalue weighted by Crippen LogP contribution is -2.25. The Labute approximate surface area is 139 Å². The van der Waals surface area contributed by atoms with Crippen molar-refractivity contribution in [3.63, 3.8) is 0 Å². The molecular weight excluding hydrogens is 264 g/mol. The Bertz CT molecular complexity index is 340. The minimum atomic E-state index is 0.920. The summed E-state index contributed by atoms with van der Waals surface area (Å²) in [6, 6.07) is 0. The van der Waals surface area contributed by atoms with E-state index in [1.165, 1.54) is 25.7 Å². The minimum absolute atomic E-state index is 0.920. The van der Waals surface area contributed by atoms with Crippen LogP contribution in [0.25, 0.3) is 0 Å². The summed E-state index contributed by atoms with van der Waals surface area (Å²) in [5.74, 6) is 8.54. The SMILES string of the molecule is CCCCCC1CC(CCC2CC2C)C(C(C)C)C1C1CC1. The molecule has 3 aliphatic carbocycles. The zero-order valence-electron chi connectivity index (χ0n) is 15.7. The molecule has 3 aliphatic rings. The maximum Gasteiger partial charge on any atom is -0.0324 e. The molecule has 0 radical (unpaired) electrons. The van der Waals surface area contributed by atoms with E-state index >= 15 is 0 Å². The van der Waals surface area contributed by atoms with E-state index in [1.807, 2.05) is 0 Å². The molecule has 0 spiro atoms. The van der Waals surface area contributed by atoms with Crippen molar-refractivity contribution in [2.24, 2.45) is 47.3 Å². The molecular formula is C22H40. The molecule has 6 unspecified atom stereocenters. The van der Waals surface area contributed by atoms with Crippen molar-refractivity contribution in [1.82, 2.24) is 0 Å². The summed E-state index contributed by atoms with van der Waals surface area (Å²) in [6.45, 7) is 9.87. The predicted octanol–water partition coefficient (Wildman–Crippen LogP) is 6.94. The Morgan fingerprint density at radius 1 is 0.864 bits per heavy atom. The molecule has 0 bridgehead atoms. The Morgan fingerprint density at radius 3 is 2.09 bits per heavy atom. The third-order valence-electron chi connectivity index (χ3n) is 7.44. The van der Waals surface area contributed by atoms with E-state index in [-0.39, 0.29) is 0 Å². The summed E-state index contributed by atoms with van der Waals surface area (Å²) in [5, 5.41) is 0. The van der Waals surface area contributed by atoms with Crippen molar-refractivity contribution < 1.29 is 0 Å². The molecule has 3 saturated carbocycles. The third-order valence-corrected chi connectivity index (χ3v) is 7.44. The van der Waals surface area contributed by atoms with Crippen LogP contribution in [0, 0.1) is 47.3 Å². The molecule has 0 aromatic carbocycles. The van der Waals surface area contributed by atoms with Crippen LogP contribution >= 0.6 is 0 Å². The smallest absolute Gasteiger partial charge is 0.0324 e. The van der Waals surface area contributed by atoms with Crippen molar-refractivity contribution in [2.45, 2.75) is 91.9 Å². The monoisotopic (exact) mass is 304 g/mol. The lowest BCUT2D eigenvalue weighted by atomic mass is 9.75. The minimum Gasteiger partial charge on any atom is -0.0654 e. The van der Waals surface area contributed by atoms with Crippen LogP contribution in [0.4, 0.5) is 0 Å². The van der Waals surface area contributed by atoms with Gasteiger partial charge in [-0.1, -0.05) is 53.4 Å². The van der Waals surface area contributed by atoms with Crippen LogP contribution in [0.15, 0.2) is 0 Å². The largest absolute Gasteiger partial charge is 0.0654 e. The Morgan fingerprint density at radius 2 is 1.55 bits per heavy atom. The second-order valence-electron chi connectivity index (χ2n) is 9.54. The van der Waals surface area contributed by atoms with Crippen LogP contribution in [0.3, 0.4) is 0 Å². The summed E-state index contributed by atoms with van der Waals surface area (Å²) < 4.78 is 0. The maximum atomic E-state index is 2.53. The molecule has 3 fully saturated rings. The Hall–Kier alpha value is 0. The van der Waals surface area contributed by atoms with Gasteiger partial charge < -0.3 is 0 Å². The van der Waals surface area contributed by atoms with Gasteiger partial charge in [0.2, 0.25) is 0 Å². The second kappa shape index (κ2) is 7.27. The molecule has 6 atom stereocenters. The van der Waals surface area contributed by atoms with Crippen LogP contribution in [0.1, 0.15) is 91.9 Å². The molecule has 3 rings (SSSR count). The van der Waals surface area contributed by atoms with E-state index in [0.29, 0.717) is 0 Å². The van der Waals surface area contributed by atoms with Gasteiger partial charge in [-0.05, 0) is 85.9 Å². The lowest BCUT2D eigenvalue weighted by Gasteiger charge is -2.30. The molecule has 0 aromatic rings. The van der Waals surface area contributed by atoms with Gasteiger partial charge >= 0.3 is 0 Å². The maximum absolute atomic E-state index is 2.53. The zero-order valence-corrected chi connectivity index (χ0v) is 15.7. The second-order valence-corrected chi connectivity index (χ2v) is 9.54. The van der Waals surface area contributed by atoms with Gasteiger partial charge in [-0.2, -0.15) is 0 Å². The van der Waals surface area contributed by atoms with E-state index in [0.717, 1.165) is 47.3 Å². The van der Waals surface area contributed by atoms with E-state index in [4.69, 9.17) is 0 Å². The van der Waals surface area contributed by atoms with Crippen LogP contribution in [-0.4, -0.2) is 0 Å². The standard InChI is InChI=1S/C22H40/c1-5-6-7-8-19-14-20(12-11-18-13-16(18)4)21(15(2)3)22(19)17-9-10-17/h15-22H,5-14H2,1-4H3. The highest BCUT2D eigenvalue weighted by atomic mass is 14.5. The van der Waals surface area contributed by atoms with Crippen LogP contribution in [-0.2, 0) is 0 Å². The highest BCUT2D eigenvalue weighted by Crippen LogP contribution is 2.58. The summed E-state index contributed by atoms with van der Waals surface area (Å²) in [4.78, 5) is 0. The molecule has 0 aromatic heterocycles. The Balaban J connectivity index is 1.60. The zero-order chi connectivity index (χ0) is 15.7. The van der Waals surface area contributed by atoms with Crippen molar-refractivity contribution in [2.75, 3.05) is 0 Å². The van der Waals surface area contributed by atoms with Gasteiger partial charge in [0.15, 0.2) is 0 Å². The van der Waals surface area contributed by atoms with Gasteiger partial charge in [0.05, 0.1) is 0 Å². The lowest BCUT2D eigenvalue weighted by molar-refractivity contribution is 0.178. The first-order chi connectivity index (χ1) is 10.6. The topological polar surface area (TPSA) is 0 Å². The number of hydrogen-bond acceptors (Lipinski definition) is 0. The molecule has 0 heterocycles. The summed E-state index contributed by atoms with van der Waals surface area (Å²) in [7, 11) is 0. The van der Waals surface area contributed by atoms with E-state index in [9.17, 15) is 0 Å². The summed E-state index contributed by atoms with van der Waals surface area (Å²) in [6.07, 6.45) is 15.3. The predicted molar refractivity (Wildman–Crippen MR) is 96.8 cm³/mol. The summed E-state index contributed by atoms with van der Waals surface area (Å²) >= 11 is 0. The molecule has 0 N–H and O–H groups in total. The van der Waals surface area contributed by atoms with Gasteiger partial charge in [-0.3, -0.25) is 0 Å². The average molecular weight is 305 g/mol.